The molecule has 0 aliphatic carbocycles. The van der Waals surface area contributed by atoms with Crippen molar-refractivity contribution in [2.24, 2.45) is 5.92 Å². The smallest absolute Gasteiger partial charge is 0.247 e. The van der Waals surface area contributed by atoms with Crippen molar-refractivity contribution in [1.82, 2.24) is 0 Å². The van der Waals surface area contributed by atoms with Gasteiger partial charge in [0.1, 0.15) is 13.6 Å². The average molecular weight is 182 g/mol. The predicted molar refractivity (Wildman–Crippen MR) is 40.3 cm³/mol. The zero-order valence-electron chi connectivity index (χ0n) is 6.40. The Hall–Kier alpha value is 0.250. The third kappa shape index (κ3) is 2.14. The van der Waals surface area contributed by atoms with E-state index in [1.54, 1.807) is 0 Å². The van der Waals surface area contributed by atoms with Crippen LogP contribution in [0.1, 0.15) is 19.8 Å². The minimum atomic E-state index is 0. The quantitative estimate of drug-likeness (QED) is 0.410. The second-order valence-corrected chi connectivity index (χ2v) is 3.17. The first kappa shape index (κ1) is 10.2. The number of halogens is 2. The SMILES string of the molecule is CC1CCC[N+](C)=C1Cl.[Cl-]. The zero-order valence-corrected chi connectivity index (χ0v) is 7.91. The van der Waals surface area contributed by atoms with Gasteiger partial charge in [0.2, 0.25) is 5.17 Å². The van der Waals surface area contributed by atoms with Gasteiger partial charge in [0.15, 0.2) is 0 Å². The van der Waals surface area contributed by atoms with Crippen molar-refractivity contribution in [1.29, 1.82) is 0 Å². The maximum Gasteiger partial charge on any atom is 0.247 e. The molecular formula is C7H13Cl2N. The van der Waals surface area contributed by atoms with E-state index in [2.05, 4.69) is 18.5 Å². The lowest BCUT2D eigenvalue weighted by atomic mass is 10.0. The Kier molecular flexibility index (Phi) is 4.30. The predicted octanol–water partition coefficient (Wildman–Crippen LogP) is -1.30. The van der Waals surface area contributed by atoms with Crippen molar-refractivity contribution in [2.75, 3.05) is 13.6 Å². The summed E-state index contributed by atoms with van der Waals surface area (Å²) in [5.74, 6) is 0.588. The van der Waals surface area contributed by atoms with Crippen molar-refractivity contribution in [3.8, 4) is 0 Å². The highest BCUT2D eigenvalue weighted by molar-refractivity contribution is 6.64. The Bertz CT molecular complexity index is 143. The summed E-state index contributed by atoms with van der Waals surface area (Å²) in [7, 11) is 2.05. The monoisotopic (exact) mass is 181 g/mol. The van der Waals surface area contributed by atoms with Crippen molar-refractivity contribution in [3.63, 3.8) is 0 Å². The molecule has 3 heteroatoms. The van der Waals surface area contributed by atoms with E-state index in [0.717, 1.165) is 11.7 Å². The summed E-state index contributed by atoms with van der Waals surface area (Å²) in [5.41, 5.74) is 0. The van der Waals surface area contributed by atoms with E-state index in [4.69, 9.17) is 11.6 Å². The number of hydrogen-bond donors (Lipinski definition) is 0. The second kappa shape index (κ2) is 4.20. The molecule has 1 heterocycles. The van der Waals surface area contributed by atoms with Gasteiger partial charge in [-0.15, -0.1) is 0 Å². The van der Waals surface area contributed by atoms with Gasteiger partial charge >= 0.3 is 0 Å². The molecule has 0 saturated heterocycles. The molecule has 1 nitrogen and oxygen atoms in total. The number of rotatable bonds is 0. The highest BCUT2D eigenvalue weighted by Gasteiger charge is 2.21. The minimum absolute atomic E-state index is 0. The van der Waals surface area contributed by atoms with Crippen LogP contribution in [0.4, 0.5) is 0 Å². The molecule has 60 valence electrons. The Labute approximate surface area is 73.5 Å². The summed E-state index contributed by atoms with van der Waals surface area (Å²) in [4.78, 5) is 0. The molecule has 10 heavy (non-hydrogen) atoms. The molecule has 0 radical (unpaired) electrons. The third-order valence-corrected chi connectivity index (χ3v) is 2.56. The molecule has 0 N–H and O–H groups in total. The minimum Gasteiger partial charge on any atom is -1.00 e. The van der Waals surface area contributed by atoms with Gasteiger partial charge in [-0.1, -0.05) is 6.92 Å². The fourth-order valence-electron chi connectivity index (χ4n) is 1.24. The van der Waals surface area contributed by atoms with E-state index >= 15 is 0 Å². The first-order valence-electron chi connectivity index (χ1n) is 3.45. The molecule has 0 fully saturated rings. The largest absolute Gasteiger partial charge is 1.00 e. The van der Waals surface area contributed by atoms with Crippen LogP contribution in [-0.4, -0.2) is 23.3 Å². The molecule has 0 aromatic rings. The molecule has 1 aliphatic heterocycles. The summed E-state index contributed by atoms with van der Waals surface area (Å²) >= 11 is 5.96. The highest BCUT2D eigenvalue weighted by Crippen LogP contribution is 2.14. The number of nitrogens with zero attached hydrogens (tertiary/aromatic N) is 1. The summed E-state index contributed by atoms with van der Waals surface area (Å²) in [6, 6.07) is 0. The Morgan fingerprint density at radius 1 is 1.60 bits per heavy atom. The van der Waals surface area contributed by atoms with Gasteiger partial charge < -0.3 is 12.4 Å². The van der Waals surface area contributed by atoms with Crippen molar-refractivity contribution in [2.45, 2.75) is 19.8 Å². The van der Waals surface area contributed by atoms with Crippen LogP contribution in [-0.2, 0) is 0 Å². The Balaban J connectivity index is 0.000000810. The van der Waals surface area contributed by atoms with Crippen molar-refractivity contribution < 1.29 is 17.0 Å². The van der Waals surface area contributed by atoms with E-state index < -0.39 is 0 Å². The third-order valence-electron chi connectivity index (χ3n) is 1.90. The lowest BCUT2D eigenvalue weighted by molar-refractivity contribution is -0.502. The van der Waals surface area contributed by atoms with Crippen LogP contribution in [0.15, 0.2) is 0 Å². The van der Waals surface area contributed by atoms with Gasteiger partial charge in [-0.2, -0.15) is 0 Å². The fourth-order valence-corrected chi connectivity index (χ4v) is 1.43. The maximum absolute atomic E-state index is 5.96. The lowest BCUT2D eigenvalue weighted by Crippen LogP contribution is -3.00. The van der Waals surface area contributed by atoms with Crippen molar-refractivity contribution >= 4 is 16.8 Å². The number of hydrogen-bond acceptors (Lipinski definition) is 0. The van der Waals surface area contributed by atoms with E-state index in [0.29, 0.717) is 5.92 Å². The zero-order chi connectivity index (χ0) is 6.85. The van der Waals surface area contributed by atoms with Gasteiger partial charge in [-0.25, -0.2) is 4.58 Å². The van der Waals surface area contributed by atoms with Crippen LogP contribution >= 0.6 is 11.6 Å². The van der Waals surface area contributed by atoms with E-state index in [-0.39, 0.29) is 12.4 Å². The van der Waals surface area contributed by atoms with Gasteiger partial charge in [-0.3, -0.25) is 0 Å². The first-order chi connectivity index (χ1) is 4.22. The molecule has 0 amide bonds. The maximum atomic E-state index is 5.96. The average Bonchev–Trinajstić information content (AvgIpc) is 1.83. The molecule has 0 saturated carbocycles. The van der Waals surface area contributed by atoms with Crippen LogP contribution in [0.3, 0.4) is 0 Å². The topological polar surface area (TPSA) is 3.01 Å². The molecule has 1 rings (SSSR count). The molecule has 0 bridgehead atoms. The first-order valence-corrected chi connectivity index (χ1v) is 3.83. The van der Waals surface area contributed by atoms with Crippen molar-refractivity contribution in [3.05, 3.63) is 0 Å². The molecule has 0 aromatic carbocycles. The lowest BCUT2D eigenvalue weighted by Gasteiger charge is -2.12. The van der Waals surface area contributed by atoms with Crippen LogP contribution in [0.25, 0.3) is 0 Å². The fraction of sp³-hybridized carbons (Fsp3) is 0.857. The summed E-state index contributed by atoms with van der Waals surface area (Å²) < 4.78 is 2.13. The molecule has 1 aliphatic rings. The van der Waals surface area contributed by atoms with Crippen LogP contribution in [0.5, 0.6) is 0 Å². The van der Waals surface area contributed by atoms with Gasteiger partial charge in [0, 0.05) is 6.42 Å². The van der Waals surface area contributed by atoms with Gasteiger partial charge in [-0.05, 0) is 18.0 Å². The molecule has 1 unspecified atom stereocenters. The van der Waals surface area contributed by atoms with Crippen LogP contribution in [0, 0.1) is 5.92 Å². The summed E-state index contributed by atoms with van der Waals surface area (Å²) in [6.07, 6.45) is 2.54. The molecule has 0 spiro atoms. The molecule has 1 atom stereocenters. The summed E-state index contributed by atoms with van der Waals surface area (Å²) in [6.45, 7) is 3.31. The van der Waals surface area contributed by atoms with E-state index in [9.17, 15) is 0 Å². The second-order valence-electron chi connectivity index (χ2n) is 2.79. The van der Waals surface area contributed by atoms with Crippen LogP contribution < -0.4 is 12.4 Å². The Morgan fingerprint density at radius 3 is 2.60 bits per heavy atom. The van der Waals surface area contributed by atoms with E-state index in [1.165, 1.54) is 12.8 Å². The standard InChI is InChI=1S/C7H13ClN.ClH/c1-6-4-3-5-9(2)7(6)8;/h6H,3-5H2,1-2H3;1H/q+1;/p-1. The van der Waals surface area contributed by atoms with Gasteiger partial charge in [0.05, 0.1) is 5.92 Å². The van der Waals surface area contributed by atoms with Gasteiger partial charge in [0.25, 0.3) is 0 Å². The van der Waals surface area contributed by atoms with Crippen LogP contribution in [0.2, 0.25) is 0 Å². The Morgan fingerprint density at radius 2 is 2.20 bits per heavy atom. The summed E-state index contributed by atoms with van der Waals surface area (Å²) in [5, 5.41) is 1.03. The normalized spacial score (nSPS) is 26.1. The highest BCUT2D eigenvalue weighted by atomic mass is 35.5. The molecular weight excluding hydrogens is 169 g/mol. The van der Waals surface area contributed by atoms with E-state index in [1.807, 2.05) is 0 Å². The molecule has 0 aromatic heterocycles.